The van der Waals surface area contributed by atoms with E-state index in [0.29, 0.717) is 22.6 Å². The van der Waals surface area contributed by atoms with Crippen molar-refractivity contribution < 1.29 is 19.1 Å². The molecular weight excluding hydrogens is 436 g/mol. The van der Waals surface area contributed by atoms with Gasteiger partial charge in [-0.1, -0.05) is 79.0 Å². The van der Waals surface area contributed by atoms with E-state index in [2.05, 4.69) is 66.8 Å². The third-order valence-corrected chi connectivity index (χ3v) is 6.85. The quantitative estimate of drug-likeness (QED) is 0.198. The lowest BCUT2D eigenvalue weighted by Crippen LogP contribution is -2.21. The lowest BCUT2D eigenvalue weighted by molar-refractivity contribution is -0.131. The topological polar surface area (TPSA) is 52.6 Å². The van der Waals surface area contributed by atoms with E-state index >= 15 is 0 Å². The van der Waals surface area contributed by atoms with Gasteiger partial charge in [0.1, 0.15) is 11.5 Å². The van der Waals surface area contributed by atoms with E-state index in [4.69, 9.17) is 9.47 Å². The van der Waals surface area contributed by atoms with Gasteiger partial charge < -0.3 is 9.47 Å². The fourth-order valence-electron chi connectivity index (χ4n) is 3.81. The Morgan fingerprint density at radius 3 is 1.40 bits per heavy atom. The van der Waals surface area contributed by atoms with Crippen molar-refractivity contribution in [2.75, 3.05) is 0 Å². The molecule has 4 heteroatoms. The molecule has 188 valence electrons. The second-order valence-corrected chi connectivity index (χ2v) is 10.1. The van der Waals surface area contributed by atoms with Crippen molar-refractivity contribution in [3.8, 4) is 11.5 Å². The molecule has 0 aliphatic carbocycles. The number of benzene rings is 2. The van der Waals surface area contributed by atoms with Crippen LogP contribution in [-0.2, 0) is 15.0 Å². The van der Waals surface area contributed by atoms with Crippen molar-refractivity contribution in [3.63, 3.8) is 0 Å². The Labute approximate surface area is 211 Å². The molecule has 2 aromatic carbocycles. The fourth-order valence-corrected chi connectivity index (χ4v) is 3.81. The summed E-state index contributed by atoms with van der Waals surface area (Å²) in [6, 6.07) is 12.1. The molecule has 0 spiro atoms. The second-order valence-electron chi connectivity index (χ2n) is 10.1. The zero-order valence-corrected chi connectivity index (χ0v) is 22.6. The molecule has 0 bridgehead atoms. The summed E-state index contributed by atoms with van der Waals surface area (Å²) in [5.41, 5.74) is 4.64. The number of ether oxygens (including phenoxy) is 2. The molecule has 35 heavy (non-hydrogen) atoms. The van der Waals surface area contributed by atoms with Gasteiger partial charge in [-0.3, -0.25) is 0 Å². The van der Waals surface area contributed by atoms with Crippen LogP contribution in [0.1, 0.15) is 102 Å². The molecule has 0 fully saturated rings. The Bertz CT molecular complexity index is 1040. The summed E-state index contributed by atoms with van der Waals surface area (Å²) < 4.78 is 11.3. The van der Waals surface area contributed by atoms with Crippen LogP contribution in [-0.4, -0.2) is 11.9 Å². The van der Waals surface area contributed by atoms with E-state index in [1.807, 2.05) is 24.3 Å². The van der Waals surface area contributed by atoms with Gasteiger partial charge in [0.2, 0.25) is 0 Å². The first-order valence-electron chi connectivity index (χ1n) is 12.4. The molecule has 0 heterocycles. The Balaban J connectivity index is 2.57. The van der Waals surface area contributed by atoms with Gasteiger partial charge in [-0.05, 0) is 72.9 Å². The largest absolute Gasteiger partial charge is 0.423 e. The average molecular weight is 477 g/mol. The molecule has 0 radical (unpaired) electrons. The number of hydrogen-bond donors (Lipinski definition) is 0. The summed E-state index contributed by atoms with van der Waals surface area (Å²) in [5.74, 6) is 0.763. The smallest absolute Gasteiger partial charge is 0.338 e. The van der Waals surface area contributed by atoms with Gasteiger partial charge in [-0.2, -0.15) is 0 Å². The van der Waals surface area contributed by atoms with E-state index in [-0.39, 0.29) is 17.3 Å². The molecule has 0 saturated carbocycles. The van der Waals surface area contributed by atoms with Crippen molar-refractivity contribution in [2.24, 2.45) is 0 Å². The Kier molecular flexibility index (Phi) is 9.25. The predicted molar refractivity (Wildman–Crippen MR) is 143 cm³/mol. The van der Waals surface area contributed by atoms with Crippen molar-refractivity contribution in [1.82, 2.24) is 0 Å². The maximum absolute atomic E-state index is 12.2. The molecule has 0 N–H and O–H groups in total. The highest BCUT2D eigenvalue weighted by atomic mass is 16.5. The normalized spacial score (nSPS) is 13.0. The van der Waals surface area contributed by atoms with Gasteiger partial charge in [0.05, 0.1) is 0 Å². The fraction of sp³-hybridized carbons (Fsp3) is 0.419. The highest BCUT2D eigenvalue weighted by Crippen LogP contribution is 2.40. The molecule has 2 atom stereocenters. The van der Waals surface area contributed by atoms with Crippen molar-refractivity contribution in [1.29, 1.82) is 0 Å². The molecule has 2 unspecified atom stereocenters. The lowest BCUT2D eigenvalue weighted by atomic mass is 9.75. The molecule has 2 aromatic rings. The summed E-state index contributed by atoms with van der Waals surface area (Å²) in [5, 5.41) is 0. The first kappa shape index (κ1) is 28.1. The Morgan fingerprint density at radius 1 is 0.771 bits per heavy atom. The van der Waals surface area contributed by atoms with Crippen LogP contribution in [0.5, 0.6) is 11.5 Å². The minimum Gasteiger partial charge on any atom is -0.423 e. The van der Waals surface area contributed by atoms with Gasteiger partial charge in [-0.15, -0.1) is 0 Å². The van der Waals surface area contributed by atoms with Crippen LogP contribution in [0.25, 0.3) is 0 Å². The van der Waals surface area contributed by atoms with E-state index < -0.39 is 11.9 Å². The van der Waals surface area contributed by atoms with E-state index in [0.717, 1.165) is 35.1 Å². The molecule has 0 aliphatic heterocycles. The maximum atomic E-state index is 12.2. The van der Waals surface area contributed by atoms with Gasteiger partial charge in [0.15, 0.2) is 0 Å². The third kappa shape index (κ3) is 6.50. The summed E-state index contributed by atoms with van der Waals surface area (Å²) in [6.07, 6.45) is 1.84. The van der Waals surface area contributed by atoms with Gasteiger partial charge in [0, 0.05) is 16.6 Å². The van der Waals surface area contributed by atoms with Gasteiger partial charge in [0.25, 0.3) is 0 Å². The minimum absolute atomic E-state index is 0.221. The molecule has 0 aromatic heterocycles. The van der Waals surface area contributed by atoms with E-state index in [9.17, 15) is 9.59 Å². The summed E-state index contributed by atoms with van der Waals surface area (Å²) in [6.45, 7) is 23.6. The number of carbonyl (C=O) groups is 2. The van der Waals surface area contributed by atoms with Crippen molar-refractivity contribution >= 4 is 11.9 Å². The Morgan fingerprint density at radius 2 is 1.11 bits per heavy atom. The zero-order chi connectivity index (χ0) is 26.5. The van der Waals surface area contributed by atoms with Crippen LogP contribution >= 0.6 is 0 Å². The van der Waals surface area contributed by atoms with Crippen LogP contribution in [0.2, 0.25) is 0 Å². The molecule has 0 saturated heterocycles. The highest BCUT2D eigenvalue weighted by molar-refractivity contribution is 5.89. The summed E-state index contributed by atoms with van der Waals surface area (Å²) in [4.78, 5) is 24.4. The maximum Gasteiger partial charge on any atom is 0.338 e. The van der Waals surface area contributed by atoms with Crippen LogP contribution in [0, 0.1) is 0 Å². The van der Waals surface area contributed by atoms with Crippen LogP contribution in [0.3, 0.4) is 0 Å². The summed E-state index contributed by atoms with van der Waals surface area (Å²) in [7, 11) is 0. The number of hydrogen-bond acceptors (Lipinski definition) is 4. The van der Waals surface area contributed by atoms with E-state index in [1.54, 1.807) is 13.8 Å². The second kappa shape index (κ2) is 11.5. The van der Waals surface area contributed by atoms with Gasteiger partial charge in [-0.25, -0.2) is 9.59 Å². The van der Waals surface area contributed by atoms with Crippen LogP contribution in [0.15, 0.2) is 60.7 Å². The monoisotopic (exact) mass is 476 g/mol. The summed E-state index contributed by atoms with van der Waals surface area (Å²) >= 11 is 0. The number of carbonyl (C=O) groups excluding carboxylic acids is 2. The standard InChI is InChI=1S/C31H40O4/c1-11-21(7)25-17-23(13-15-27(25)34-29(32)19(3)4)31(9,10)24-14-16-28(35-30(33)20(5)6)26(18-24)22(8)12-2/h13-18,21-22H,3,5,11-12H2,1-2,4,6-10H3. The minimum atomic E-state index is -0.417. The lowest BCUT2D eigenvalue weighted by Gasteiger charge is -2.29. The number of esters is 2. The third-order valence-electron chi connectivity index (χ3n) is 6.85. The molecule has 0 aliphatic rings. The zero-order valence-electron chi connectivity index (χ0n) is 22.6. The molecule has 0 amide bonds. The number of rotatable bonds is 10. The average Bonchev–Trinajstić information content (AvgIpc) is 2.82. The SMILES string of the molecule is C=C(C)C(=O)Oc1ccc(C(C)(C)c2ccc(OC(=O)C(=C)C)c(C(C)CC)c2)cc1C(C)CC. The molecular formula is C31H40O4. The van der Waals surface area contributed by atoms with Gasteiger partial charge >= 0.3 is 11.9 Å². The van der Waals surface area contributed by atoms with Crippen molar-refractivity contribution in [3.05, 3.63) is 83.0 Å². The van der Waals surface area contributed by atoms with Crippen LogP contribution in [0.4, 0.5) is 0 Å². The van der Waals surface area contributed by atoms with Crippen LogP contribution < -0.4 is 9.47 Å². The first-order valence-corrected chi connectivity index (χ1v) is 12.4. The van der Waals surface area contributed by atoms with Crippen molar-refractivity contribution in [2.45, 2.75) is 85.5 Å². The predicted octanol–water partition coefficient (Wildman–Crippen LogP) is 8.00. The first-order chi connectivity index (χ1) is 16.3. The highest BCUT2D eigenvalue weighted by Gasteiger charge is 2.27. The molecule has 4 nitrogen and oxygen atoms in total. The Hall–Kier alpha value is -3.14. The molecule has 2 rings (SSSR count). The van der Waals surface area contributed by atoms with E-state index in [1.165, 1.54) is 0 Å².